The van der Waals surface area contributed by atoms with E-state index in [9.17, 15) is 9.59 Å². The summed E-state index contributed by atoms with van der Waals surface area (Å²) >= 11 is 1.30. The molecule has 4 aromatic rings. The quantitative estimate of drug-likeness (QED) is 0.379. The summed E-state index contributed by atoms with van der Waals surface area (Å²) in [5, 5.41) is 0. The van der Waals surface area contributed by atoms with Gasteiger partial charge in [-0.2, -0.15) is 0 Å². The topological polar surface area (TPSA) is 69.9 Å². The third kappa shape index (κ3) is 4.65. The van der Waals surface area contributed by atoms with Crippen molar-refractivity contribution < 1.29 is 14.3 Å². The van der Waals surface area contributed by atoms with Gasteiger partial charge in [0.25, 0.3) is 5.56 Å². The van der Waals surface area contributed by atoms with Crippen molar-refractivity contribution in [2.75, 3.05) is 7.11 Å². The zero-order valence-electron chi connectivity index (χ0n) is 19.9. The lowest BCUT2D eigenvalue weighted by Gasteiger charge is -2.24. The van der Waals surface area contributed by atoms with Crippen LogP contribution in [0.3, 0.4) is 0 Å². The van der Waals surface area contributed by atoms with Crippen LogP contribution >= 0.6 is 11.3 Å². The number of rotatable bonds is 6. The highest BCUT2D eigenvalue weighted by molar-refractivity contribution is 7.07. The molecule has 0 fully saturated rings. The summed E-state index contributed by atoms with van der Waals surface area (Å²) in [6.45, 7) is 2.26. The lowest BCUT2D eigenvalue weighted by molar-refractivity contribution is -0.136. The van der Waals surface area contributed by atoms with Crippen LogP contribution in [-0.4, -0.2) is 17.6 Å². The molecule has 180 valence electrons. The number of hydrogen-bond donors (Lipinski definition) is 0. The number of carbonyl (C=O) groups excluding carboxylic acids is 1. The molecule has 3 aromatic carbocycles. The maximum Gasteiger partial charge on any atom is 0.338 e. The van der Waals surface area contributed by atoms with Gasteiger partial charge in [0.15, 0.2) is 4.80 Å². The minimum absolute atomic E-state index is 0.203. The molecular weight excluding hydrogens is 472 g/mol. The van der Waals surface area contributed by atoms with Gasteiger partial charge in [0, 0.05) is 0 Å². The van der Waals surface area contributed by atoms with E-state index in [-0.39, 0.29) is 5.56 Å². The highest BCUT2D eigenvalue weighted by Gasteiger charge is 2.32. The molecule has 0 radical (unpaired) electrons. The highest BCUT2D eigenvalue weighted by atomic mass is 32.1. The summed E-state index contributed by atoms with van der Waals surface area (Å²) in [5.74, 6) is 0.255. The fourth-order valence-corrected chi connectivity index (χ4v) is 5.24. The molecule has 0 saturated heterocycles. The van der Waals surface area contributed by atoms with E-state index in [1.54, 1.807) is 11.5 Å². The Bertz CT molecular complexity index is 1600. The molecule has 0 bridgehead atoms. The van der Waals surface area contributed by atoms with Crippen molar-refractivity contribution in [2.45, 2.75) is 19.6 Å². The molecular formula is C29H24N2O4S. The molecule has 36 heavy (non-hydrogen) atoms. The van der Waals surface area contributed by atoms with E-state index in [4.69, 9.17) is 9.47 Å². The number of methoxy groups -OCH3 is 1. The van der Waals surface area contributed by atoms with Crippen LogP contribution in [0.1, 0.15) is 29.7 Å². The van der Waals surface area contributed by atoms with Gasteiger partial charge in [0.05, 0.1) is 29.0 Å². The van der Waals surface area contributed by atoms with Gasteiger partial charge >= 0.3 is 5.97 Å². The number of hydrogen-bond acceptors (Lipinski definition) is 6. The average molecular weight is 497 g/mol. The number of ether oxygens (including phenoxy) is 2. The van der Waals surface area contributed by atoms with Crippen molar-refractivity contribution in [3.63, 3.8) is 0 Å². The summed E-state index contributed by atoms with van der Waals surface area (Å²) in [4.78, 5) is 31.4. The standard InChI is InChI=1S/C29H24N2O4S/c1-19-25(28(33)34-2)26(22-11-7-4-8-12-22)31-27(32)24(36-29(31)30-19)17-20-13-15-23(16-14-20)35-18-21-9-5-3-6-10-21/h3-17,26H,18H2,1-2H3. The van der Waals surface area contributed by atoms with Gasteiger partial charge in [-0.15, -0.1) is 0 Å². The molecule has 0 N–H and O–H groups in total. The van der Waals surface area contributed by atoms with Gasteiger partial charge in [-0.3, -0.25) is 9.36 Å². The molecule has 1 aliphatic heterocycles. The minimum atomic E-state index is -0.606. The first-order valence-electron chi connectivity index (χ1n) is 11.5. The van der Waals surface area contributed by atoms with Crippen LogP contribution in [0, 0.1) is 0 Å². The number of carbonyl (C=O) groups is 1. The van der Waals surface area contributed by atoms with E-state index < -0.39 is 12.0 Å². The van der Waals surface area contributed by atoms with Crippen LogP contribution in [0.2, 0.25) is 0 Å². The fourth-order valence-electron chi connectivity index (χ4n) is 4.20. The van der Waals surface area contributed by atoms with E-state index in [1.165, 1.54) is 18.4 Å². The predicted octanol–water partition coefficient (Wildman–Crippen LogP) is 3.99. The smallest absolute Gasteiger partial charge is 0.338 e. The van der Waals surface area contributed by atoms with E-state index in [0.29, 0.717) is 27.2 Å². The van der Waals surface area contributed by atoms with Crippen LogP contribution in [0.4, 0.5) is 0 Å². The van der Waals surface area contributed by atoms with Crippen LogP contribution < -0.4 is 19.6 Å². The van der Waals surface area contributed by atoms with Gasteiger partial charge in [-0.05, 0) is 41.8 Å². The lowest BCUT2D eigenvalue weighted by atomic mass is 9.96. The van der Waals surface area contributed by atoms with Crippen molar-refractivity contribution >= 4 is 23.4 Å². The van der Waals surface area contributed by atoms with Crippen LogP contribution in [0.25, 0.3) is 6.08 Å². The number of fused-ring (bicyclic) bond motifs is 1. The molecule has 7 heteroatoms. The minimum Gasteiger partial charge on any atom is -0.489 e. The Morgan fingerprint density at radius 3 is 2.33 bits per heavy atom. The fraction of sp³-hybridized carbons (Fsp3) is 0.138. The number of thiazole rings is 1. The molecule has 0 saturated carbocycles. The molecule has 2 heterocycles. The second-order valence-electron chi connectivity index (χ2n) is 8.33. The molecule has 1 aliphatic rings. The average Bonchev–Trinajstić information content (AvgIpc) is 3.22. The molecule has 0 aliphatic carbocycles. The first kappa shape index (κ1) is 23.5. The van der Waals surface area contributed by atoms with E-state index in [2.05, 4.69) is 4.99 Å². The first-order chi connectivity index (χ1) is 17.5. The Hall–Kier alpha value is -4.23. The number of aromatic nitrogens is 1. The third-order valence-electron chi connectivity index (χ3n) is 5.97. The predicted molar refractivity (Wildman–Crippen MR) is 139 cm³/mol. The number of benzene rings is 3. The van der Waals surface area contributed by atoms with E-state index in [1.807, 2.05) is 91.0 Å². The Morgan fingerprint density at radius 1 is 1.00 bits per heavy atom. The van der Waals surface area contributed by atoms with Crippen molar-refractivity contribution in [2.24, 2.45) is 4.99 Å². The first-order valence-corrected chi connectivity index (χ1v) is 12.3. The summed E-state index contributed by atoms with van der Waals surface area (Å²) in [5.41, 5.74) is 3.49. The van der Waals surface area contributed by atoms with Gasteiger partial charge in [-0.25, -0.2) is 9.79 Å². The summed E-state index contributed by atoms with van der Waals surface area (Å²) in [7, 11) is 1.34. The Morgan fingerprint density at radius 2 is 1.67 bits per heavy atom. The second-order valence-corrected chi connectivity index (χ2v) is 9.34. The van der Waals surface area contributed by atoms with Crippen LogP contribution in [0.15, 0.2) is 106 Å². The molecule has 6 nitrogen and oxygen atoms in total. The second kappa shape index (κ2) is 10.2. The maximum absolute atomic E-state index is 13.6. The molecule has 0 spiro atoms. The van der Waals surface area contributed by atoms with Gasteiger partial charge in [-0.1, -0.05) is 84.1 Å². The summed E-state index contributed by atoms with van der Waals surface area (Å²) in [6, 6.07) is 26.4. The van der Waals surface area contributed by atoms with Gasteiger partial charge in [0.1, 0.15) is 12.4 Å². The zero-order chi connectivity index (χ0) is 25.1. The summed E-state index contributed by atoms with van der Waals surface area (Å²) < 4.78 is 13.0. The Labute approximate surface area is 212 Å². The van der Waals surface area contributed by atoms with Gasteiger partial charge in [0.2, 0.25) is 0 Å². The molecule has 1 unspecified atom stereocenters. The normalized spacial score (nSPS) is 15.3. The van der Waals surface area contributed by atoms with Crippen LogP contribution in [0.5, 0.6) is 5.75 Å². The van der Waals surface area contributed by atoms with Crippen molar-refractivity contribution in [3.8, 4) is 5.75 Å². The van der Waals surface area contributed by atoms with Crippen molar-refractivity contribution in [1.29, 1.82) is 0 Å². The number of allylic oxidation sites excluding steroid dienone is 1. The van der Waals surface area contributed by atoms with Crippen molar-refractivity contribution in [3.05, 3.63) is 133 Å². The number of esters is 1. The molecule has 1 atom stereocenters. The third-order valence-corrected chi connectivity index (χ3v) is 6.95. The van der Waals surface area contributed by atoms with Gasteiger partial charge < -0.3 is 9.47 Å². The van der Waals surface area contributed by atoms with E-state index >= 15 is 0 Å². The molecule has 1 aromatic heterocycles. The SMILES string of the molecule is COC(=O)C1=C(C)N=c2sc(=Cc3ccc(OCc4ccccc4)cc3)c(=O)n2C1c1ccccc1. The van der Waals surface area contributed by atoms with Crippen molar-refractivity contribution in [1.82, 2.24) is 4.57 Å². The zero-order valence-corrected chi connectivity index (χ0v) is 20.7. The van der Waals surface area contributed by atoms with Crippen LogP contribution in [-0.2, 0) is 16.1 Å². The van der Waals surface area contributed by atoms with E-state index in [0.717, 1.165) is 22.4 Å². The maximum atomic E-state index is 13.6. The summed E-state index contributed by atoms with van der Waals surface area (Å²) in [6.07, 6.45) is 1.84. The molecule has 0 amide bonds. The highest BCUT2D eigenvalue weighted by Crippen LogP contribution is 2.30. The molecule has 5 rings (SSSR count). The Balaban J connectivity index is 1.50. The Kier molecular flexibility index (Phi) is 6.64. The number of nitrogens with zero attached hydrogens (tertiary/aromatic N) is 2. The largest absolute Gasteiger partial charge is 0.489 e. The monoisotopic (exact) mass is 496 g/mol. The lowest BCUT2D eigenvalue weighted by Crippen LogP contribution is -2.39.